The molecule has 1 atom stereocenters. The molecule has 1 unspecified atom stereocenters. The summed E-state index contributed by atoms with van der Waals surface area (Å²) in [5.41, 5.74) is 3.85. The molecular formula is C15H17BrN2. The molecule has 1 aliphatic rings. The molecule has 0 bridgehead atoms. The summed E-state index contributed by atoms with van der Waals surface area (Å²) in [6.07, 6.45) is 2.39. The number of aromatic nitrogens is 2. The molecule has 2 heterocycles. The quantitative estimate of drug-likeness (QED) is 0.772. The maximum absolute atomic E-state index is 4.71. The van der Waals surface area contributed by atoms with Crippen LogP contribution in [0, 0.1) is 12.8 Å². The van der Waals surface area contributed by atoms with Crippen molar-refractivity contribution in [3.63, 3.8) is 0 Å². The summed E-state index contributed by atoms with van der Waals surface area (Å²) in [7, 11) is 0. The van der Waals surface area contributed by atoms with Gasteiger partial charge in [-0.1, -0.05) is 36.8 Å². The van der Waals surface area contributed by atoms with Crippen molar-refractivity contribution < 1.29 is 0 Å². The third-order valence-electron chi connectivity index (χ3n) is 3.70. The Morgan fingerprint density at radius 3 is 2.72 bits per heavy atom. The third kappa shape index (κ3) is 2.01. The monoisotopic (exact) mass is 304 g/mol. The topological polar surface area (TPSA) is 17.8 Å². The number of benzene rings is 1. The van der Waals surface area contributed by atoms with Crippen LogP contribution in [0.1, 0.15) is 24.6 Å². The molecule has 0 fully saturated rings. The number of hydrogen-bond donors (Lipinski definition) is 0. The molecular weight excluding hydrogens is 288 g/mol. The van der Waals surface area contributed by atoms with Crippen molar-refractivity contribution in [2.24, 2.45) is 5.92 Å². The molecule has 0 aliphatic carbocycles. The summed E-state index contributed by atoms with van der Waals surface area (Å²) in [4.78, 5) is 4.71. The Morgan fingerprint density at radius 2 is 2.00 bits per heavy atom. The van der Waals surface area contributed by atoms with Gasteiger partial charge in [-0.15, -0.1) is 0 Å². The summed E-state index contributed by atoms with van der Waals surface area (Å²) in [5, 5.41) is 0. The van der Waals surface area contributed by atoms with Crippen LogP contribution in [-0.2, 0) is 13.0 Å². The molecule has 1 aliphatic heterocycles. The van der Waals surface area contributed by atoms with Gasteiger partial charge in [0.15, 0.2) is 0 Å². The van der Waals surface area contributed by atoms with Gasteiger partial charge in [0.2, 0.25) is 0 Å². The Hall–Kier alpha value is -1.09. The largest absolute Gasteiger partial charge is 0.327 e. The van der Waals surface area contributed by atoms with Gasteiger partial charge in [-0.2, -0.15) is 0 Å². The highest BCUT2D eigenvalue weighted by atomic mass is 79.9. The Bertz CT molecular complexity index is 569. The highest BCUT2D eigenvalue weighted by molar-refractivity contribution is 9.10. The van der Waals surface area contributed by atoms with Crippen molar-refractivity contribution in [1.29, 1.82) is 0 Å². The maximum atomic E-state index is 4.71. The molecule has 0 spiro atoms. The van der Waals surface area contributed by atoms with E-state index >= 15 is 0 Å². The van der Waals surface area contributed by atoms with E-state index in [1.54, 1.807) is 0 Å². The van der Waals surface area contributed by atoms with Gasteiger partial charge in [0.25, 0.3) is 0 Å². The molecule has 1 aromatic carbocycles. The van der Waals surface area contributed by atoms with E-state index in [0.29, 0.717) is 0 Å². The molecule has 0 N–H and O–H groups in total. The standard InChI is InChI=1S/C15H17BrN2/c1-10-3-6-12(7-4-10)15-17-14(16)13-8-5-11(2)9-18(13)15/h3-4,6-7,11H,5,8-9H2,1-2H3. The fraction of sp³-hybridized carbons (Fsp3) is 0.400. The molecule has 2 nitrogen and oxygen atoms in total. The second-order valence-electron chi connectivity index (χ2n) is 5.29. The first-order chi connectivity index (χ1) is 8.65. The van der Waals surface area contributed by atoms with Crippen LogP contribution in [0.15, 0.2) is 28.9 Å². The Balaban J connectivity index is 2.10. The minimum atomic E-state index is 0.739. The van der Waals surface area contributed by atoms with E-state index in [-0.39, 0.29) is 0 Å². The lowest BCUT2D eigenvalue weighted by Crippen LogP contribution is -2.18. The maximum Gasteiger partial charge on any atom is 0.141 e. The van der Waals surface area contributed by atoms with Crippen LogP contribution in [-0.4, -0.2) is 9.55 Å². The predicted molar refractivity (Wildman–Crippen MR) is 77.6 cm³/mol. The number of nitrogens with zero attached hydrogens (tertiary/aromatic N) is 2. The van der Waals surface area contributed by atoms with Crippen molar-refractivity contribution in [2.45, 2.75) is 33.2 Å². The molecule has 18 heavy (non-hydrogen) atoms. The molecule has 0 saturated heterocycles. The third-order valence-corrected chi connectivity index (χ3v) is 4.34. The second-order valence-corrected chi connectivity index (χ2v) is 6.04. The minimum absolute atomic E-state index is 0.739. The van der Waals surface area contributed by atoms with Crippen LogP contribution in [0.4, 0.5) is 0 Å². The molecule has 0 amide bonds. The van der Waals surface area contributed by atoms with Gasteiger partial charge in [0, 0.05) is 12.1 Å². The van der Waals surface area contributed by atoms with Gasteiger partial charge in [-0.3, -0.25) is 0 Å². The van der Waals surface area contributed by atoms with Gasteiger partial charge in [0.1, 0.15) is 10.4 Å². The number of fused-ring (bicyclic) bond motifs is 1. The molecule has 2 aromatic rings. The SMILES string of the molecule is Cc1ccc(-c2nc(Br)c3n2CC(C)CC3)cc1. The average Bonchev–Trinajstić information content (AvgIpc) is 2.67. The zero-order valence-electron chi connectivity index (χ0n) is 10.8. The average molecular weight is 305 g/mol. The first kappa shape index (κ1) is 12.0. The van der Waals surface area contributed by atoms with Gasteiger partial charge >= 0.3 is 0 Å². The lowest BCUT2D eigenvalue weighted by atomic mass is 10.00. The zero-order valence-corrected chi connectivity index (χ0v) is 12.4. The second kappa shape index (κ2) is 4.54. The molecule has 3 rings (SSSR count). The van der Waals surface area contributed by atoms with E-state index in [9.17, 15) is 0 Å². The Kier molecular flexibility index (Phi) is 3.02. The van der Waals surface area contributed by atoms with Crippen molar-refractivity contribution in [2.75, 3.05) is 0 Å². The minimum Gasteiger partial charge on any atom is -0.327 e. The predicted octanol–water partition coefficient (Wildman–Crippen LogP) is 4.20. The normalized spacial score (nSPS) is 18.7. The molecule has 3 heteroatoms. The number of halogens is 1. The van der Waals surface area contributed by atoms with E-state index in [1.165, 1.54) is 23.2 Å². The fourth-order valence-corrected chi connectivity index (χ4v) is 3.18. The van der Waals surface area contributed by atoms with E-state index in [4.69, 9.17) is 4.98 Å². The van der Waals surface area contributed by atoms with Crippen molar-refractivity contribution in [3.8, 4) is 11.4 Å². The number of aryl methyl sites for hydroxylation is 1. The lowest BCUT2D eigenvalue weighted by Gasteiger charge is -2.22. The lowest BCUT2D eigenvalue weighted by molar-refractivity contribution is 0.401. The first-order valence-electron chi connectivity index (χ1n) is 6.47. The number of imidazole rings is 1. The van der Waals surface area contributed by atoms with Gasteiger partial charge in [0.05, 0.1) is 5.69 Å². The number of rotatable bonds is 1. The highest BCUT2D eigenvalue weighted by Crippen LogP contribution is 2.32. The summed E-state index contributed by atoms with van der Waals surface area (Å²) >= 11 is 3.60. The summed E-state index contributed by atoms with van der Waals surface area (Å²) in [6.45, 7) is 5.51. The Morgan fingerprint density at radius 1 is 1.28 bits per heavy atom. The van der Waals surface area contributed by atoms with Gasteiger partial charge in [-0.05, 0) is 41.6 Å². The van der Waals surface area contributed by atoms with Crippen LogP contribution >= 0.6 is 15.9 Å². The van der Waals surface area contributed by atoms with E-state index in [0.717, 1.165) is 29.3 Å². The van der Waals surface area contributed by atoms with Crippen LogP contribution < -0.4 is 0 Å². The van der Waals surface area contributed by atoms with E-state index in [1.807, 2.05) is 0 Å². The highest BCUT2D eigenvalue weighted by Gasteiger charge is 2.22. The van der Waals surface area contributed by atoms with Crippen molar-refractivity contribution in [1.82, 2.24) is 9.55 Å². The Labute approximate surface area is 116 Å². The summed E-state index contributed by atoms with van der Waals surface area (Å²) < 4.78 is 3.40. The van der Waals surface area contributed by atoms with Crippen LogP contribution in [0.3, 0.4) is 0 Å². The molecule has 1 aromatic heterocycles. The van der Waals surface area contributed by atoms with Gasteiger partial charge < -0.3 is 4.57 Å². The zero-order chi connectivity index (χ0) is 12.7. The smallest absolute Gasteiger partial charge is 0.141 e. The summed E-state index contributed by atoms with van der Waals surface area (Å²) in [5.74, 6) is 1.84. The number of hydrogen-bond acceptors (Lipinski definition) is 1. The van der Waals surface area contributed by atoms with Crippen LogP contribution in [0.25, 0.3) is 11.4 Å². The summed E-state index contributed by atoms with van der Waals surface area (Å²) in [6, 6.07) is 8.63. The van der Waals surface area contributed by atoms with Crippen molar-refractivity contribution in [3.05, 3.63) is 40.1 Å². The van der Waals surface area contributed by atoms with E-state index in [2.05, 4.69) is 58.6 Å². The fourth-order valence-electron chi connectivity index (χ4n) is 2.60. The van der Waals surface area contributed by atoms with E-state index < -0.39 is 0 Å². The molecule has 0 radical (unpaired) electrons. The van der Waals surface area contributed by atoms with Crippen molar-refractivity contribution >= 4 is 15.9 Å². The molecule has 0 saturated carbocycles. The van der Waals surface area contributed by atoms with Crippen LogP contribution in [0.2, 0.25) is 0 Å². The van der Waals surface area contributed by atoms with Crippen LogP contribution in [0.5, 0.6) is 0 Å². The first-order valence-corrected chi connectivity index (χ1v) is 7.26. The van der Waals surface area contributed by atoms with Gasteiger partial charge in [-0.25, -0.2) is 4.98 Å². The molecule has 94 valence electrons.